The van der Waals surface area contributed by atoms with Crippen molar-refractivity contribution in [2.75, 3.05) is 0 Å². The number of para-hydroxylation sites is 2. The second-order valence-corrected chi connectivity index (χ2v) is 10.9. The summed E-state index contributed by atoms with van der Waals surface area (Å²) in [6.07, 6.45) is 3.89. The zero-order valence-electron chi connectivity index (χ0n) is 23.3. The molecule has 0 amide bonds. The fourth-order valence-corrected chi connectivity index (χ4v) is 6.77. The molecule has 42 heavy (non-hydrogen) atoms. The maximum atomic E-state index is 10.3. The van der Waals surface area contributed by atoms with E-state index in [0.29, 0.717) is 5.56 Å². The Kier molecular flexibility index (Phi) is 5.29. The highest BCUT2D eigenvalue weighted by Crippen LogP contribution is 2.43. The van der Waals surface area contributed by atoms with E-state index in [9.17, 15) is 5.26 Å². The highest BCUT2D eigenvalue weighted by Gasteiger charge is 2.24. The maximum Gasteiger partial charge on any atom is 0.0998 e. The van der Waals surface area contributed by atoms with E-state index in [0.717, 1.165) is 44.6 Å². The maximum absolute atomic E-state index is 10.3. The first-order valence-corrected chi connectivity index (χ1v) is 14.1. The Morgan fingerprint density at radius 2 is 1.02 bits per heavy atom. The van der Waals surface area contributed by atoms with Crippen LogP contribution in [-0.4, -0.2) is 14.1 Å². The topological polar surface area (TPSA) is 46.5 Å². The molecule has 0 N–H and O–H groups in total. The number of nitrogens with zero attached hydrogens (tertiary/aromatic N) is 4. The normalized spacial score (nSPS) is 11.5. The summed E-state index contributed by atoms with van der Waals surface area (Å²) in [5.41, 5.74) is 11.2. The SMILES string of the molecule is Cc1cccc2c1c1ccccc1n2-c1cncc(-n2c3ccccc3c3c(C)cccc32)c1-c1ccccc1C#N. The number of aromatic nitrogens is 3. The zero-order chi connectivity index (χ0) is 28.4. The van der Waals surface area contributed by atoms with Gasteiger partial charge in [0.1, 0.15) is 0 Å². The molecule has 0 aliphatic carbocycles. The van der Waals surface area contributed by atoms with Gasteiger partial charge in [0.05, 0.1) is 57.5 Å². The van der Waals surface area contributed by atoms with E-state index >= 15 is 0 Å². The van der Waals surface area contributed by atoms with E-state index in [1.54, 1.807) is 0 Å². The van der Waals surface area contributed by atoms with Crippen molar-refractivity contribution in [2.24, 2.45) is 0 Å². The third kappa shape index (κ3) is 3.31. The van der Waals surface area contributed by atoms with E-state index in [1.807, 2.05) is 30.6 Å². The molecular formula is C38H26N4. The van der Waals surface area contributed by atoms with Gasteiger partial charge in [-0.15, -0.1) is 0 Å². The molecule has 5 aromatic carbocycles. The van der Waals surface area contributed by atoms with Crippen LogP contribution >= 0.6 is 0 Å². The molecule has 0 radical (unpaired) electrons. The summed E-state index contributed by atoms with van der Waals surface area (Å²) in [5, 5.41) is 15.2. The summed E-state index contributed by atoms with van der Waals surface area (Å²) in [6, 6.07) is 40.4. The van der Waals surface area contributed by atoms with Gasteiger partial charge in [-0.2, -0.15) is 5.26 Å². The van der Waals surface area contributed by atoms with Crippen LogP contribution in [0.2, 0.25) is 0 Å². The number of hydrogen-bond acceptors (Lipinski definition) is 2. The van der Waals surface area contributed by atoms with Crippen LogP contribution in [0, 0.1) is 25.2 Å². The van der Waals surface area contributed by atoms with E-state index in [1.165, 1.54) is 32.7 Å². The smallest absolute Gasteiger partial charge is 0.0998 e. The van der Waals surface area contributed by atoms with Gasteiger partial charge in [-0.25, -0.2) is 0 Å². The molecule has 8 aromatic rings. The molecule has 3 heterocycles. The fraction of sp³-hybridized carbons (Fsp3) is 0.0526. The first-order valence-electron chi connectivity index (χ1n) is 14.1. The minimum absolute atomic E-state index is 0.625. The van der Waals surface area contributed by atoms with E-state index in [4.69, 9.17) is 4.98 Å². The molecular weight excluding hydrogens is 512 g/mol. The number of aryl methyl sites for hydroxylation is 2. The Hall–Kier alpha value is -5.66. The first-order chi connectivity index (χ1) is 20.7. The van der Waals surface area contributed by atoms with Crippen LogP contribution in [-0.2, 0) is 0 Å². The predicted octanol–water partition coefficient (Wildman–Crippen LogP) is 9.43. The molecule has 0 aliphatic heterocycles. The van der Waals surface area contributed by atoms with Gasteiger partial charge in [0.2, 0.25) is 0 Å². The number of nitriles is 1. The number of benzene rings is 5. The molecule has 0 aliphatic rings. The average Bonchev–Trinajstić information content (AvgIpc) is 3.55. The lowest BCUT2D eigenvalue weighted by atomic mass is 9.97. The minimum atomic E-state index is 0.625. The Morgan fingerprint density at radius 3 is 1.57 bits per heavy atom. The largest absolute Gasteiger partial charge is 0.307 e. The van der Waals surface area contributed by atoms with Crippen LogP contribution in [0.3, 0.4) is 0 Å². The number of rotatable bonds is 3. The quantitative estimate of drug-likeness (QED) is 0.225. The van der Waals surface area contributed by atoms with Gasteiger partial charge in [-0.1, -0.05) is 78.9 Å². The standard InChI is InChI=1S/C38H26N4/c1-24-11-9-19-32-36(24)28-15-5-7-17-30(28)41(32)34-22-40-23-35(38(34)27-14-4-3-13-26(27)21-39)42-31-18-8-6-16-29(31)37-25(2)12-10-20-33(37)42/h3-20,22-23H,1-2H3. The summed E-state index contributed by atoms with van der Waals surface area (Å²) >= 11 is 0. The lowest BCUT2D eigenvalue weighted by Crippen LogP contribution is -2.05. The van der Waals surface area contributed by atoms with Crippen molar-refractivity contribution in [1.29, 1.82) is 5.26 Å². The average molecular weight is 539 g/mol. The number of hydrogen-bond donors (Lipinski definition) is 0. The molecule has 0 spiro atoms. The van der Waals surface area contributed by atoms with Crippen molar-refractivity contribution in [3.05, 3.63) is 138 Å². The monoisotopic (exact) mass is 538 g/mol. The van der Waals surface area contributed by atoms with Gasteiger partial charge in [0.25, 0.3) is 0 Å². The van der Waals surface area contributed by atoms with Crippen LogP contribution in [0.4, 0.5) is 0 Å². The summed E-state index contributed by atoms with van der Waals surface area (Å²) in [4.78, 5) is 4.89. The third-order valence-electron chi connectivity index (χ3n) is 8.52. The van der Waals surface area contributed by atoms with Gasteiger partial charge in [0, 0.05) is 32.7 Å². The van der Waals surface area contributed by atoms with Crippen molar-refractivity contribution in [3.63, 3.8) is 0 Å². The summed E-state index contributed by atoms with van der Waals surface area (Å²) in [6.45, 7) is 4.33. The van der Waals surface area contributed by atoms with Crippen molar-refractivity contribution >= 4 is 43.6 Å². The van der Waals surface area contributed by atoms with Crippen LogP contribution in [0.1, 0.15) is 16.7 Å². The predicted molar refractivity (Wildman–Crippen MR) is 173 cm³/mol. The fourth-order valence-electron chi connectivity index (χ4n) is 6.77. The van der Waals surface area contributed by atoms with E-state index in [-0.39, 0.29) is 0 Å². The van der Waals surface area contributed by atoms with Crippen LogP contribution < -0.4 is 0 Å². The molecule has 4 heteroatoms. The summed E-state index contributed by atoms with van der Waals surface area (Å²) < 4.78 is 4.63. The Bertz CT molecular complexity index is 2260. The first kappa shape index (κ1) is 24.2. The minimum Gasteiger partial charge on any atom is -0.307 e. The number of pyridine rings is 1. The molecule has 0 atom stereocenters. The van der Waals surface area contributed by atoms with Crippen LogP contribution in [0.15, 0.2) is 122 Å². The second-order valence-electron chi connectivity index (χ2n) is 10.9. The zero-order valence-corrected chi connectivity index (χ0v) is 23.3. The molecule has 0 bridgehead atoms. The molecule has 198 valence electrons. The Balaban J connectivity index is 1.60. The molecule has 0 unspecified atom stereocenters. The van der Waals surface area contributed by atoms with E-state index in [2.05, 4.69) is 120 Å². The summed E-state index contributed by atoms with van der Waals surface area (Å²) in [5.74, 6) is 0. The lowest BCUT2D eigenvalue weighted by molar-refractivity contribution is 1.09. The van der Waals surface area contributed by atoms with Gasteiger partial charge in [-0.05, 0) is 55.3 Å². The lowest BCUT2D eigenvalue weighted by Gasteiger charge is -2.20. The molecule has 4 nitrogen and oxygen atoms in total. The Labute approximate surface area is 243 Å². The molecule has 0 saturated heterocycles. The molecule has 0 saturated carbocycles. The Morgan fingerprint density at radius 1 is 0.548 bits per heavy atom. The van der Waals surface area contributed by atoms with Gasteiger partial charge in [0.15, 0.2) is 0 Å². The van der Waals surface area contributed by atoms with E-state index < -0.39 is 0 Å². The van der Waals surface area contributed by atoms with Gasteiger partial charge >= 0.3 is 0 Å². The van der Waals surface area contributed by atoms with Gasteiger partial charge < -0.3 is 9.13 Å². The van der Waals surface area contributed by atoms with Crippen molar-refractivity contribution in [2.45, 2.75) is 13.8 Å². The second kappa shape index (κ2) is 9.19. The summed E-state index contributed by atoms with van der Waals surface area (Å²) in [7, 11) is 0. The molecule has 0 fully saturated rings. The number of fused-ring (bicyclic) bond motifs is 6. The van der Waals surface area contributed by atoms with Crippen LogP contribution in [0.25, 0.3) is 66.1 Å². The van der Waals surface area contributed by atoms with Gasteiger partial charge in [-0.3, -0.25) is 4.98 Å². The highest BCUT2D eigenvalue weighted by atomic mass is 15.0. The van der Waals surface area contributed by atoms with Crippen molar-refractivity contribution < 1.29 is 0 Å². The highest BCUT2D eigenvalue weighted by molar-refractivity contribution is 6.13. The van der Waals surface area contributed by atoms with Crippen molar-refractivity contribution in [1.82, 2.24) is 14.1 Å². The van der Waals surface area contributed by atoms with Crippen LogP contribution in [0.5, 0.6) is 0 Å². The molecule has 8 rings (SSSR count). The third-order valence-corrected chi connectivity index (χ3v) is 8.52. The molecule has 3 aromatic heterocycles. The van der Waals surface area contributed by atoms with Crippen molar-refractivity contribution in [3.8, 4) is 28.6 Å².